The number of allylic oxidation sites excluding steroid dienone is 1. The molecule has 0 aromatic heterocycles. The van der Waals surface area contributed by atoms with E-state index in [1.807, 2.05) is 0 Å². The number of nitrogens with one attached hydrogen (secondary N) is 2. The number of carboxylic acid groups (broad SMARTS) is 1. The maximum absolute atomic E-state index is 11.8. The van der Waals surface area contributed by atoms with Crippen LogP contribution in [0.2, 0.25) is 0 Å². The van der Waals surface area contributed by atoms with Crippen LogP contribution in [0.3, 0.4) is 0 Å². The summed E-state index contributed by atoms with van der Waals surface area (Å²) in [7, 11) is 0. The molecule has 2 unspecified atom stereocenters. The second kappa shape index (κ2) is 8.61. The topological polar surface area (TPSA) is 78.4 Å². The molecular formula is C15H26N2O3. The summed E-state index contributed by atoms with van der Waals surface area (Å²) in [6.07, 6.45) is 7.96. The van der Waals surface area contributed by atoms with Crippen LogP contribution in [0.1, 0.15) is 46.0 Å². The minimum absolute atomic E-state index is 0.00972. The van der Waals surface area contributed by atoms with E-state index in [0.717, 1.165) is 25.7 Å². The first-order valence-electron chi connectivity index (χ1n) is 7.38. The lowest BCUT2D eigenvalue weighted by Gasteiger charge is -2.22. The Labute approximate surface area is 120 Å². The van der Waals surface area contributed by atoms with Gasteiger partial charge in [-0.05, 0) is 37.5 Å². The molecule has 0 spiro atoms. The van der Waals surface area contributed by atoms with Gasteiger partial charge in [-0.2, -0.15) is 0 Å². The van der Waals surface area contributed by atoms with Crippen molar-refractivity contribution >= 4 is 12.0 Å². The predicted molar refractivity (Wildman–Crippen MR) is 78.5 cm³/mol. The fraction of sp³-hybridized carbons (Fsp3) is 0.733. The van der Waals surface area contributed by atoms with Crippen molar-refractivity contribution < 1.29 is 14.7 Å². The molecule has 0 saturated carbocycles. The van der Waals surface area contributed by atoms with Gasteiger partial charge in [0.05, 0.1) is 0 Å². The van der Waals surface area contributed by atoms with E-state index in [0.29, 0.717) is 12.5 Å². The highest BCUT2D eigenvalue weighted by Crippen LogP contribution is 2.15. The van der Waals surface area contributed by atoms with Gasteiger partial charge in [-0.3, -0.25) is 4.79 Å². The SMILES string of the molecule is CC(C)CC(CNC(=O)NC1CC=CCC1)CC(=O)O. The Balaban J connectivity index is 2.31. The van der Waals surface area contributed by atoms with Crippen LogP contribution in [0, 0.1) is 11.8 Å². The summed E-state index contributed by atoms with van der Waals surface area (Å²) in [6.45, 7) is 4.53. The molecule has 1 rings (SSSR count). The average molecular weight is 282 g/mol. The van der Waals surface area contributed by atoms with Gasteiger partial charge in [0.1, 0.15) is 0 Å². The second-order valence-electron chi connectivity index (χ2n) is 5.93. The monoisotopic (exact) mass is 282 g/mol. The lowest BCUT2D eigenvalue weighted by molar-refractivity contribution is -0.138. The summed E-state index contributed by atoms with van der Waals surface area (Å²) in [4.78, 5) is 22.6. The molecule has 20 heavy (non-hydrogen) atoms. The lowest BCUT2D eigenvalue weighted by Crippen LogP contribution is -2.44. The van der Waals surface area contributed by atoms with Crippen molar-refractivity contribution in [2.45, 2.75) is 52.0 Å². The zero-order chi connectivity index (χ0) is 15.0. The number of hydrogen-bond acceptors (Lipinski definition) is 2. The predicted octanol–water partition coefficient (Wildman–Crippen LogP) is 2.53. The molecule has 0 radical (unpaired) electrons. The molecule has 0 aromatic carbocycles. The number of rotatable bonds is 7. The van der Waals surface area contributed by atoms with Gasteiger partial charge >= 0.3 is 12.0 Å². The smallest absolute Gasteiger partial charge is 0.315 e. The molecule has 0 heterocycles. The molecule has 0 saturated heterocycles. The molecule has 5 heteroatoms. The molecular weight excluding hydrogens is 256 g/mol. The van der Waals surface area contributed by atoms with Gasteiger partial charge in [-0.25, -0.2) is 4.79 Å². The quantitative estimate of drug-likeness (QED) is 0.628. The van der Waals surface area contributed by atoms with Gasteiger partial charge in [0.15, 0.2) is 0 Å². The lowest BCUT2D eigenvalue weighted by atomic mass is 9.94. The van der Waals surface area contributed by atoms with Crippen LogP contribution >= 0.6 is 0 Å². The Bertz CT molecular complexity index is 353. The van der Waals surface area contributed by atoms with Gasteiger partial charge < -0.3 is 15.7 Å². The third kappa shape index (κ3) is 7.16. The average Bonchev–Trinajstić information content (AvgIpc) is 2.36. The van der Waals surface area contributed by atoms with E-state index in [4.69, 9.17) is 5.11 Å². The minimum Gasteiger partial charge on any atom is -0.481 e. The van der Waals surface area contributed by atoms with Crippen molar-refractivity contribution in [3.05, 3.63) is 12.2 Å². The van der Waals surface area contributed by atoms with Crippen LogP contribution < -0.4 is 10.6 Å². The number of amides is 2. The van der Waals surface area contributed by atoms with E-state index >= 15 is 0 Å². The van der Waals surface area contributed by atoms with E-state index < -0.39 is 5.97 Å². The molecule has 0 bridgehead atoms. The van der Waals surface area contributed by atoms with Crippen LogP contribution in [-0.2, 0) is 4.79 Å². The number of urea groups is 1. The molecule has 114 valence electrons. The maximum Gasteiger partial charge on any atom is 0.315 e. The van der Waals surface area contributed by atoms with Crippen molar-refractivity contribution in [3.63, 3.8) is 0 Å². The van der Waals surface area contributed by atoms with Gasteiger partial charge in [-0.15, -0.1) is 0 Å². The summed E-state index contributed by atoms with van der Waals surface area (Å²) in [5.74, 6) is -0.396. The van der Waals surface area contributed by atoms with Crippen LogP contribution in [0.15, 0.2) is 12.2 Å². The molecule has 0 aromatic rings. The van der Waals surface area contributed by atoms with E-state index in [9.17, 15) is 9.59 Å². The van der Waals surface area contributed by atoms with Gasteiger partial charge in [-0.1, -0.05) is 26.0 Å². The maximum atomic E-state index is 11.8. The molecule has 5 nitrogen and oxygen atoms in total. The fourth-order valence-electron chi connectivity index (χ4n) is 2.55. The minimum atomic E-state index is -0.810. The standard InChI is InChI=1S/C15H26N2O3/c1-11(2)8-12(9-14(18)19)10-16-15(20)17-13-6-4-3-5-7-13/h3-4,11-13H,5-10H2,1-2H3,(H,18,19)(H2,16,17,20). The first kappa shape index (κ1) is 16.5. The zero-order valence-electron chi connectivity index (χ0n) is 12.4. The van der Waals surface area contributed by atoms with E-state index in [2.05, 4.69) is 36.6 Å². The summed E-state index contributed by atoms with van der Waals surface area (Å²) in [5, 5.41) is 14.6. The third-order valence-corrected chi connectivity index (χ3v) is 3.42. The molecule has 1 aliphatic rings. The number of aliphatic carboxylic acids is 1. The molecule has 2 amide bonds. The van der Waals surface area contributed by atoms with E-state index in [-0.39, 0.29) is 24.4 Å². The Kier molecular flexibility index (Phi) is 7.12. The summed E-state index contributed by atoms with van der Waals surface area (Å²) in [5.41, 5.74) is 0. The number of carbonyl (C=O) groups is 2. The van der Waals surface area contributed by atoms with Crippen LogP contribution in [0.5, 0.6) is 0 Å². The van der Waals surface area contributed by atoms with Crippen molar-refractivity contribution in [1.29, 1.82) is 0 Å². The molecule has 3 N–H and O–H groups in total. The molecule has 0 aliphatic heterocycles. The molecule has 2 atom stereocenters. The Morgan fingerprint density at radius 3 is 2.65 bits per heavy atom. The first-order chi connectivity index (χ1) is 9.47. The Hall–Kier alpha value is -1.52. The summed E-state index contributed by atoms with van der Waals surface area (Å²) >= 11 is 0. The normalized spacial score (nSPS) is 19.6. The zero-order valence-corrected chi connectivity index (χ0v) is 12.4. The van der Waals surface area contributed by atoms with Crippen molar-refractivity contribution in [2.24, 2.45) is 11.8 Å². The first-order valence-corrected chi connectivity index (χ1v) is 7.38. The summed E-state index contributed by atoms with van der Waals surface area (Å²) in [6, 6.07) is 0.00691. The highest BCUT2D eigenvalue weighted by atomic mass is 16.4. The van der Waals surface area contributed by atoms with Gasteiger partial charge in [0.2, 0.25) is 0 Å². The summed E-state index contributed by atoms with van der Waals surface area (Å²) < 4.78 is 0. The van der Waals surface area contributed by atoms with E-state index in [1.165, 1.54) is 0 Å². The van der Waals surface area contributed by atoms with Crippen LogP contribution in [-0.4, -0.2) is 29.7 Å². The van der Waals surface area contributed by atoms with Gasteiger partial charge in [0, 0.05) is 19.0 Å². The number of carbonyl (C=O) groups excluding carboxylic acids is 1. The Morgan fingerprint density at radius 1 is 1.35 bits per heavy atom. The van der Waals surface area contributed by atoms with Crippen molar-refractivity contribution in [1.82, 2.24) is 10.6 Å². The number of hydrogen-bond donors (Lipinski definition) is 3. The molecule has 1 aliphatic carbocycles. The van der Waals surface area contributed by atoms with Crippen molar-refractivity contribution in [2.75, 3.05) is 6.54 Å². The largest absolute Gasteiger partial charge is 0.481 e. The number of carboxylic acids is 1. The van der Waals surface area contributed by atoms with Crippen LogP contribution in [0.4, 0.5) is 4.79 Å². The Morgan fingerprint density at radius 2 is 2.10 bits per heavy atom. The second-order valence-corrected chi connectivity index (χ2v) is 5.93. The van der Waals surface area contributed by atoms with Gasteiger partial charge in [0.25, 0.3) is 0 Å². The molecule has 0 fully saturated rings. The fourth-order valence-corrected chi connectivity index (χ4v) is 2.55. The third-order valence-electron chi connectivity index (χ3n) is 3.42. The van der Waals surface area contributed by atoms with Crippen molar-refractivity contribution in [3.8, 4) is 0 Å². The highest BCUT2D eigenvalue weighted by molar-refractivity contribution is 5.74. The van der Waals surface area contributed by atoms with E-state index in [1.54, 1.807) is 0 Å². The van der Waals surface area contributed by atoms with Crippen LogP contribution in [0.25, 0.3) is 0 Å². The highest BCUT2D eigenvalue weighted by Gasteiger charge is 2.17.